The van der Waals surface area contributed by atoms with Crippen LogP contribution in [0.5, 0.6) is 5.75 Å². The maximum atomic E-state index is 12.2. The third-order valence-electron chi connectivity index (χ3n) is 3.04. The van der Waals surface area contributed by atoms with E-state index >= 15 is 0 Å². The van der Waals surface area contributed by atoms with Crippen LogP contribution in [0.2, 0.25) is 5.02 Å². The van der Waals surface area contributed by atoms with Crippen LogP contribution >= 0.6 is 22.9 Å². The molecule has 0 aliphatic carbocycles. The second-order valence-electron chi connectivity index (χ2n) is 4.59. The fourth-order valence-electron chi connectivity index (χ4n) is 1.91. The van der Waals surface area contributed by atoms with Gasteiger partial charge in [-0.1, -0.05) is 41.1 Å². The first-order valence-electron chi connectivity index (χ1n) is 6.38. The Hall–Kier alpha value is -2.64. The molecule has 0 radical (unpaired) electrons. The van der Waals surface area contributed by atoms with E-state index in [-0.39, 0.29) is 26.3 Å². The van der Waals surface area contributed by atoms with Gasteiger partial charge >= 0.3 is 5.97 Å². The maximum absolute atomic E-state index is 12.2. The van der Waals surface area contributed by atoms with E-state index in [2.05, 4.69) is 4.98 Å². The molecule has 2 N–H and O–H groups in total. The molecular formula is C15H9ClN2O4S. The van der Waals surface area contributed by atoms with E-state index in [9.17, 15) is 14.7 Å². The molecule has 1 aromatic carbocycles. The molecule has 6 nitrogen and oxygen atoms in total. The summed E-state index contributed by atoms with van der Waals surface area (Å²) in [5.41, 5.74) is 0.521. The van der Waals surface area contributed by atoms with Gasteiger partial charge in [0, 0.05) is 6.20 Å². The second kappa shape index (κ2) is 5.86. The summed E-state index contributed by atoms with van der Waals surface area (Å²) in [4.78, 5) is 27.6. The first kappa shape index (κ1) is 15.3. The number of nitrogens with zero attached hydrogens (tertiary/aromatic N) is 2. The number of thiazole rings is 1. The number of hydrogen-bond acceptors (Lipinski definition) is 5. The van der Waals surface area contributed by atoms with Gasteiger partial charge < -0.3 is 10.2 Å². The van der Waals surface area contributed by atoms with Crippen LogP contribution in [0.25, 0.3) is 17.1 Å². The molecule has 0 saturated carbocycles. The molecule has 2 heterocycles. The van der Waals surface area contributed by atoms with Gasteiger partial charge in [-0.05, 0) is 23.8 Å². The van der Waals surface area contributed by atoms with E-state index in [4.69, 9.17) is 16.7 Å². The molecule has 116 valence electrons. The lowest BCUT2D eigenvalue weighted by Gasteiger charge is -1.99. The third-order valence-corrected chi connectivity index (χ3v) is 4.36. The van der Waals surface area contributed by atoms with E-state index in [0.717, 1.165) is 21.3 Å². The van der Waals surface area contributed by atoms with Crippen molar-refractivity contribution in [1.29, 1.82) is 0 Å². The van der Waals surface area contributed by atoms with Crippen LogP contribution < -0.4 is 5.56 Å². The van der Waals surface area contributed by atoms with E-state index in [1.54, 1.807) is 24.3 Å². The number of aromatic carboxylic acids is 1. The number of rotatable bonds is 3. The van der Waals surface area contributed by atoms with Gasteiger partial charge in [0.1, 0.15) is 15.6 Å². The van der Waals surface area contributed by atoms with Crippen LogP contribution in [-0.4, -0.2) is 25.6 Å². The van der Waals surface area contributed by atoms with Crippen molar-refractivity contribution in [2.45, 2.75) is 0 Å². The third kappa shape index (κ3) is 2.96. The Kier molecular flexibility index (Phi) is 3.89. The highest BCUT2D eigenvalue weighted by molar-refractivity contribution is 7.18. The average Bonchev–Trinajstić information content (AvgIpc) is 2.95. The molecule has 0 atom stereocenters. The van der Waals surface area contributed by atoms with Gasteiger partial charge in [0.05, 0.1) is 5.69 Å². The maximum Gasteiger partial charge on any atom is 0.347 e. The Morgan fingerprint density at radius 3 is 2.61 bits per heavy atom. The fraction of sp³-hybridized carbons (Fsp3) is 0. The molecule has 2 aromatic heterocycles. The van der Waals surface area contributed by atoms with Gasteiger partial charge in [0.2, 0.25) is 0 Å². The van der Waals surface area contributed by atoms with E-state index in [0.29, 0.717) is 0 Å². The molecule has 23 heavy (non-hydrogen) atoms. The summed E-state index contributed by atoms with van der Waals surface area (Å²) in [6.45, 7) is 0. The van der Waals surface area contributed by atoms with Crippen molar-refractivity contribution in [1.82, 2.24) is 9.38 Å². The highest BCUT2D eigenvalue weighted by atomic mass is 35.5. The van der Waals surface area contributed by atoms with Crippen LogP contribution in [0.1, 0.15) is 20.9 Å². The van der Waals surface area contributed by atoms with Crippen molar-refractivity contribution in [3.05, 3.63) is 62.0 Å². The second-order valence-corrected chi connectivity index (χ2v) is 5.98. The molecule has 0 saturated heterocycles. The molecular weight excluding hydrogens is 340 g/mol. The monoisotopic (exact) mass is 348 g/mol. The minimum atomic E-state index is -1.13. The van der Waals surface area contributed by atoms with Gasteiger partial charge in [-0.3, -0.25) is 9.20 Å². The zero-order valence-electron chi connectivity index (χ0n) is 11.4. The lowest BCUT2D eigenvalue weighted by Crippen LogP contribution is -2.14. The van der Waals surface area contributed by atoms with Crippen LogP contribution in [0, 0.1) is 0 Å². The Balaban J connectivity index is 2.07. The number of aromatic nitrogens is 2. The van der Waals surface area contributed by atoms with Crippen molar-refractivity contribution in [2.24, 2.45) is 0 Å². The fourth-order valence-corrected chi connectivity index (χ4v) is 2.92. The van der Waals surface area contributed by atoms with Crippen molar-refractivity contribution >= 4 is 46.0 Å². The summed E-state index contributed by atoms with van der Waals surface area (Å²) in [7, 11) is 0. The molecule has 0 fully saturated rings. The summed E-state index contributed by atoms with van der Waals surface area (Å²) < 4.78 is 1.12. The molecule has 0 spiro atoms. The molecule has 0 amide bonds. The number of hydrogen-bond donors (Lipinski definition) is 2. The molecule has 3 aromatic rings. The number of phenols is 1. The normalized spacial score (nSPS) is 11.3. The number of carbonyl (C=O) groups is 1. The minimum Gasteiger partial charge on any atom is -0.508 e. The zero-order chi connectivity index (χ0) is 16.6. The van der Waals surface area contributed by atoms with Gasteiger partial charge in [-0.15, -0.1) is 0 Å². The Bertz CT molecular complexity index is 989. The molecule has 3 rings (SSSR count). The molecule has 0 bridgehead atoms. The highest BCUT2D eigenvalue weighted by Gasteiger charge is 2.14. The SMILES string of the molecule is O=C(O)c1cn2c(=O)c(Cl)c(/C=C/c3ccc(O)cc3)nc2s1. The van der Waals surface area contributed by atoms with Crippen molar-refractivity contribution < 1.29 is 15.0 Å². The van der Waals surface area contributed by atoms with Gasteiger partial charge in [0.15, 0.2) is 4.96 Å². The summed E-state index contributed by atoms with van der Waals surface area (Å²) in [6.07, 6.45) is 4.46. The van der Waals surface area contributed by atoms with Crippen molar-refractivity contribution in [2.75, 3.05) is 0 Å². The Morgan fingerprint density at radius 1 is 1.26 bits per heavy atom. The number of halogens is 1. The number of carboxylic acids is 1. The predicted octanol–water partition coefficient (Wildman–Crippen LogP) is 2.98. The lowest BCUT2D eigenvalue weighted by atomic mass is 10.2. The number of fused-ring (bicyclic) bond motifs is 1. The molecule has 0 unspecified atom stereocenters. The minimum absolute atomic E-state index is 0.00494. The number of benzene rings is 1. The van der Waals surface area contributed by atoms with E-state index in [1.165, 1.54) is 18.3 Å². The van der Waals surface area contributed by atoms with Gasteiger partial charge in [-0.2, -0.15) is 0 Å². The first-order valence-corrected chi connectivity index (χ1v) is 7.57. The van der Waals surface area contributed by atoms with Crippen LogP contribution in [0.3, 0.4) is 0 Å². The summed E-state index contributed by atoms with van der Waals surface area (Å²) in [5, 5.41) is 18.1. The summed E-state index contributed by atoms with van der Waals surface area (Å²) in [5.74, 6) is -0.977. The summed E-state index contributed by atoms with van der Waals surface area (Å²) >= 11 is 6.92. The van der Waals surface area contributed by atoms with Crippen LogP contribution in [0.4, 0.5) is 0 Å². The number of carboxylic acid groups (broad SMARTS) is 1. The van der Waals surface area contributed by atoms with Gasteiger partial charge in [0.25, 0.3) is 5.56 Å². The van der Waals surface area contributed by atoms with Gasteiger partial charge in [-0.25, -0.2) is 9.78 Å². The first-order chi connectivity index (χ1) is 11.0. The predicted molar refractivity (Wildman–Crippen MR) is 88.3 cm³/mol. The molecule has 0 aliphatic heterocycles. The van der Waals surface area contributed by atoms with Crippen molar-refractivity contribution in [3.63, 3.8) is 0 Å². The van der Waals surface area contributed by atoms with E-state index < -0.39 is 11.5 Å². The summed E-state index contributed by atoms with van der Waals surface area (Å²) in [6, 6.07) is 6.45. The lowest BCUT2D eigenvalue weighted by molar-refractivity contribution is 0.0701. The molecule has 8 heteroatoms. The van der Waals surface area contributed by atoms with Crippen LogP contribution in [0.15, 0.2) is 35.3 Å². The zero-order valence-corrected chi connectivity index (χ0v) is 13.0. The molecule has 0 aliphatic rings. The highest BCUT2D eigenvalue weighted by Crippen LogP contribution is 2.20. The van der Waals surface area contributed by atoms with Crippen molar-refractivity contribution in [3.8, 4) is 5.75 Å². The quantitative estimate of drug-likeness (QED) is 0.759. The number of phenolic OH excluding ortho intramolecular Hbond substituents is 1. The number of aromatic hydroxyl groups is 1. The van der Waals surface area contributed by atoms with Crippen LogP contribution in [-0.2, 0) is 0 Å². The van der Waals surface area contributed by atoms with E-state index in [1.807, 2.05) is 0 Å². The largest absolute Gasteiger partial charge is 0.508 e. The topological polar surface area (TPSA) is 91.9 Å². The smallest absolute Gasteiger partial charge is 0.347 e. The average molecular weight is 349 g/mol. The Labute approximate surface area is 138 Å². The standard InChI is InChI=1S/C15H9ClN2O4S/c16-12-10(6-3-8-1-4-9(19)5-2-8)17-15-18(13(12)20)7-11(23-15)14(21)22/h1-7,19H,(H,21,22)/b6-3+. The Morgan fingerprint density at radius 2 is 1.96 bits per heavy atom.